The summed E-state index contributed by atoms with van der Waals surface area (Å²) in [5.74, 6) is 2.10. The van der Waals surface area contributed by atoms with Crippen molar-refractivity contribution >= 4 is 43.4 Å². The molecule has 0 fully saturated rings. The van der Waals surface area contributed by atoms with E-state index in [1.165, 1.54) is 11.1 Å². The molecule has 55 heavy (non-hydrogen) atoms. The van der Waals surface area contributed by atoms with Gasteiger partial charge in [0, 0.05) is 40.0 Å². The number of rotatable bonds is 7. The normalized spacial score (nSPS) is 14.0. The Morgan fingerprint density at radius 1 is 0.473 bits per heavy atom. The van der Waals surface area contributed by atoms with Gasteiger partial charge in [0.2, 0.25) is 0 Å². The number of pyridine rings is 1. The van der Waals surface area contributed by atoms with Crippen LogP contribution in [0.5, 0.6) is 0 Å². The fourth-order valence-electron chi connectivity index (χ4n) is 7.03. The molecule has 6 nitrogen and oxygen atoms in total. The number of aromatic nitrogens is 3. The van der Waals surface area contributed by atoms with Gasteiger partial charge < -0.3 is 5.32 Å². The van der Waals surface area contributed by atoms with Gasteiger partial charge in [-0.25, -0.2) is 24.9 Å². The van der Waals surface area contributed by atoms with Gasteiger partial charge in [-0.3, -0.25) is 0 Å². The average Bonchev–Trinajstić information content (AvgIpc) is 3.65. The van der Waals surface area contributed by atoms with E-state index < -0.39 is 0 Å². The van der Waals surface area contributed by atoms with Crippen LogP contribution in [0.25, 0.3) is 65.2 Å². The largest absolute Gasteiger partial charge is 0.344 e. The van der Waals surface area contributed by atoms with Gasteiger partial charge in [-0.15, -0.1) is 11.3 Å². The zero-order valence-corrected chi connectivity index (χ0v) is 30.4. The van der Waals surface area contributed by atoms with E-state index in [1.807, 2.05) is 42.7 Å². The van der Waals surface area contributed by atoms with Gasteiger partial charge in [0.05, 0.1) is 10.2 Å². The van der Waals surface area contributed by atoms with Crippen LogP contribution in [0.3, 0.4) is 0 Å². The Bertz CT molecular complexity index is 2880. The molecule has 1 N–H and O–H groups in total. The molecule has 7 heteroatoms. The zero-order valence-electron chi connectivity index (χ0n) is 29.5. The van der Waals surface area contributed by atoms with E-state index in [0.717, 1.165) is 70.8 Å². The minimum absolute atomic E-state index is 0.291. The molecule has 0 radical (unpaired) electrons. The highest BCUT2D eigenvalue weighted by atomic mass is 32.1. The fourth-order valence-corrected chi connectivity index (χ4v) is 7.97. The third-order valence-corrected chi connectivity index (χ3v) is 10.9. The molecule has 10 rings (SSSR count). The van der Waals surface area contributed by atoms with E-state index in [-0.39, 0.29) is 6.17 Å². The highest BCUT2D eigenvalue weighted by Gasteiger charge is 2.22. The molecule has 1 aliphatic heterocycles. The number of benzene rings is 6. The Kier molecular flexibility index (Phi) is 8.31. The van der Waals surface area contributed by atoms with Crippen molar-refractivity contribution in [2.24, 2.45) is 9.98 Å². The molecule has 0 spiro atoms. The Morgan fingerprint density at radius 2 is 1.05 bits per heavy atom. The summed E-state index contributed by atoms with van der Waals surface area (Å²) in [6.45, 7) is 0. The molecule has 0 aliphatic carbocycles. The van der Waals surface area contributed by atoms with Crippen LogP contribution >= 0.6 is 11.3 Å². The van der Waals surface area contributed by atoms with Crippen molar-refractivity contribution in [2.45, 2.75) is 6.17 Å². The Hall–Kier alpha value is -7.09. The topological polar surface area (TPSA) is 75.4 Å². The summed E-state index contributed by atoms with van der Waals surface area (Å²) in [6.07, 6.45) is 3.58. The Balaban J connectivity index is 0.976. The molecule has 1 unspecified atom stereocenters. The highest BCUT2D eigenvalue weighted by Crippen LogP contribution is 2.36. The molecule has 3 aromatic heterocycles. The minimum Gasteiger partial charge on any atom is -0.344 e. The second-order valence-corrected chi connectivity index (χ2v) is 14.5. The molecule has 6 aromatic carbocycles. The average molecular weight is 725 g/mol. The molecule has 0 amide bonds. The summed E-state index contributed by atoms with van der Waals surface area (Å²) in [6, 6.07) is 58.6. The van der Waals surface area contributed by atoms with Crippen LogP contribution in [0.15, 0.2) is 192 Å². The highest BCUT2D eigenvalue weighted by molar-refractivity contribution is 7.25. The molecular formula is C48H32N6S. The first kappa shape index (κ1) is 32.6. The van der Waals surface area contributed by atoms with Crippen molar-refractivity contribution in [1.29, 1.82) is 0 Å². The summed E-state index contributed by atoms with van der Waals surface area (Å²) in [4.78, 5) is 25.9. The lowest BCUT2D eigenvalue weighted by molar-refractivity contribution is 0.674. The van der Waals surface area contributed by atoms with Gasteiger partial charge in [-0.2, -0.15) is 0 Å². The van der Waals surface area contributed by atoms with Crippen LogP contribution in [-0.2, 0) is 0 Å². The number of thiophene rings is 1. The Labute approximate surface area is 322 Å². The number of fused-ring (bicyclic) bond motifs is 3. The summed E-state index contributed by atoms with van der Waals surface area (Å²) in [7, 11) is 0. The third-order valence-electron chi connectivity index (χ3n) is 9.87. The Morgan fingerprint density at radius 3 is 1.75 bits per heavy atom. The summed E-state index contributed by atoms with van der Waals surface area (Å²) in [5.41, 5.74) is 11.6. The minimum atomic E-state index is -0.291. The molecule has 1 atom stereocenters. The number of amidine groups is 2. The molecule has 0 saturated carbocycles. The van der Waals surface area contributed by atoms with E-state index in [2.05, 4.69) is 145 Å². The lowest BCUT2D eigenvalue weighted by atomic mass is 9.99. The predicted octanol–water partition coefficient (Wildman–Crippen LogP) is 11.4. The van der Waals surface area contributed by atoms with E-state index in [1.54, 1.807) is 11.3 Å². The number of aliphatic imine (C=N–C) groups is 2. The van der Waals surface area contributed by atoms with Crippen LogP contribution in [0.2, 0.25) is 0 Å². The second kappa shape index (κ2) is 14.0. The van der Waals surface area contributed by atoms with Crippen LogP contribution in [0.1, 0.15) is 22.9 Å². The van der Waals surface area contributed by atoms with Gasteiger partial charge in [-0.05, 0) is 51.6 Å². The van der Waals surface area contributed by atoms with Crippen LogP contribution in [0.4, 0.5) is 0 Å². The maximum atomic E-state index is 5.11. The van der Waals surface area contributed by atoms with Crippen molar-refractivity contribution in [2.75, 3.05) is 0 Å². The van der Waals surface area contributed by atoms with Crippen molar-refractivity contribution in [3.63, 3.8) is 0 Å². The first-order chi connectivity index (χ1) is 27.2. The van der Waals surface area contributed by atoms with Crippen molar-refractivity contribution < 1.29 is 0 Å². The molecule has 260 valence electrons. The molecule has 0 saturated heterocycles. The molecule has 4 heterocycles. The van der Waals surface area contributed by atoms with Gasteiger partial charge in [0.25, 0.3) is 0 Å². The van der Waals surface area contributed by atoms with Gasteiger partial charge in [0.15, 0.2) is 11.7 Å². The third kappa shape index (κ3) is 6.47. The summed E-state index contributed by atoms with van der Waals surface area (Å²) < 4.78 is 1.01. The number of nitrogens with zero attached hydrogens (tertiary/aromatic N) is 5. The number of hydrogen-bond donors (Lipinski definition) is 1. The van der Waals surface area contributed by atoms with Crippen molar-refractivity contribution in [3.05, 3.63) is 199 Å². The lowest BCUT2D eigenvalue weighted by Crippen LogP contribution is -2.33. The van der Waals surface area contributed by atoms with Gasteiger partial charge >= 0.3 is 0 Å². The number of hydrogen-bond acceptors (Lipinski definition) is 7. The van der Waals surface area contributed by atoms with E-state index >= 15 is 0 Å². The molecule has 9 aromatic rings. The predicted molar refractivity (Wildman–Crippen MR) is 226 cm³/mol. The number of nitrogens with one attached hydrogen (secondary N) is 1. The summed E-state index contributed by atoms with van der Waals surface area (Å²) >= 11 is 1.62. The maximum Gasteiger partial charge on any atom is 0.159 e. The van der Waals surface area contributed by atoms with Crippen LogP contribution in [-0.4, -0.2) is 26.6 Å². The zero-order chi connectivity index (χ0) is 36.6. The smallest absolute Gasteiger partial charge is 0.159 e. The van der Waals surface area contributed by atoms with Crippen LogP contribution in [0, 0.1) is 0 Å². The first-order valence-corrected chi connectivity index (χ1v) is 19.0. The van der Waals surface area contributed by atoms with Crippen molar-refractivity contribution in [1.82, 2.24) is 20.3 Å². The van der Waals surface area contributed by atoms with Gasteiger partial charge in [0.1, 0.15) is 16.8 Å². The van der Waals surface area contributed by atoms with Gasteiger partial charge in [-0.1, -0.05) is 152 Å². The quantitative estimate of drug-likeness (QED) is 0.178. The van der Waals surface area contributed by atoms with E-state index in [4.69, 9.17) is 24.9 Å². The SMILES string of the molecule is c1ccc(-c2cccc(C3=NC(c4ccccc4)NC(c4ccc(-c5ncc6sc7ncc(-c8cccc(-c9ccccc9)c8)cc7c6n5)cc4)=N3)c2)cc1. The first-order valence-electron chi connectivity index (χ1n) is 18.2. The lowest BCUT2D eigenvalue weighted by Gasteiger charge is -2.24. The fraction of sp³-hybridized carbons (Fsp3) is 0.0208. The molecule has 0 bridgehead atoms. The molecule has 1 aliphatic rings. The maximum absolute atomic E-state index is 5.11. The second-order valence-electron chi connectivity index (χ2n) is 13.4. The standard InChI is InChI=1S/C48H32N6S/c1-4-12-31(13-5-1)36-18-10-20-38(26-36)40-28-41-43-42(55-48(41)50-29-40)30-49-44(51-43)34-22-24-35(25-23-34)46-52-45(33-16-8-3-9-17-33)53-47(54-46)39-21-11-19-37(27-39)32-14-6-2-7-15-32/h1-30,45H,(H,52,53,54). The van der Waals surface area contributed by atoms with Crippen LogP contribution < -0.4 is 5.32 Å². The monoisotopic (exact) mass is 724 g/mol. The van der Waals surface area contributed by atoms with E-state index in [9.17, 15) is 0 Å². The van der Waals surface area contributed by atoms with Crippen molar-refractivity contribution in [3.8, 4) is 44.8 Å². The molecular weight excluding hydrogens is 693 g/mol. The van der Waals surface area contributed by atoms with E-state index in [0.29, 0.717) is 11.7 Å². The summed E-state index contributed by atoms with van der Waals surface area (Å²) in [5, 5.41) is 4.62.